The fraction of sp³-hybridized carbons (Fsp3) is 0.0769. The van der Waals surface area contributed by atoms with Crippen LogP contribution in [0.1, 0.15) is 5.69 Å². The summed E-state index contributed by atoms with van der Waals surface area (Å²) < 4.78 is 1.48. The Morgan fingerprint density at radius 3 is 2.90 bits per heavy atom. The lowest BCUT2D eigenvalue weighted by molar-refractivity contribution is 0.944. The van der Waals surface area contributed by atoms with Gasteiger partial charge in [-0.2, -0.15) is 5.10 Å². The highest BCUT2D eigenvalue weighted by molar-refractivity contribution is 7.80. The first-order valence-corrected chi connectivity index (χ1v) is 7.11. The van der Waals surface area contributed by atoms with E-state index in [4.69, 9.17) is 18.0 Å². The standard InChI is InChI=1S/C13H11N5S2/c1-8-11(10-4-6-18(17-10)13(14)19)20-12(16-8)9-3-2-5-15-7-9/h2-7H,1H3,(H2,14,19). The molecule has 0 aliphatic carbocycles. The van der Waals surface area contributed by atoms with Gasteiger partial charge in [0.05, 0.1) is 10.6 Å². The van der Waals surface area contributed by atoms with Crippen LogP contribution >= 0.6 is 23.6 Å². The van der Waals surface area contributed by atoms with Crippen molar-refractivity contribution in [1.82, 2.24) is 19.7 Å². The third-order valence-electron chi connectivity index (χ3n) is 2.75. The molecule has 0 radical (unpaired) electrons. The Morgan fingerprint density at radius 1 is 1.40 bits per heavy atom. The Morgan fingerprint density at radius 2 is 2.25 bits per heavy atom. The summed E-state index contributed by atoms with van der Waals surface area (Å²) in [6.45, 7) is 1.96. The summed E-state index contributed by atoms with van der Waals surface area (Å²) in [5.74, 6) is 0. The molecule has 0 aliphatic rings. The van der Waals surface area contributed by atoms with Crippen molar-refractivity contribution in [2.24, 2.45) is 5.73 Å². The zero-order valence-electron chi connectivity index (χ0n) is 10.6. The van der Waals surface area contributed by atoms with Gasteiger partial charge in [-0.15, -0.1) is 11.3 Å². The van der Waals surface area contributed by atoms with Crippen LogP contribution in [0.25, 0.3) is 21.1 Å². The highest BCUT2D eigenvalue weighted by Crippen LogP contribution is 2.33. The molecule has 0 amide bonds. The summed E-state index contributed by atoms with van der Waals surface area (Å²) >= 11 is 6.48. The van der Waals surface area contributed by atoms with E-state index in [2.05, 4.69) is 15.1 Å². The minimum atomic E-state index is 0.228. The molecule has 3 heterocycles. The highest BCUT2D eigenvalue weighted by Gasteiger charge is 2.13. The molecule has 0 spiro atoms. The molecule has 0 bridgehead atoms. The van der Waals surface area contributed by atoms with Crippen molar-refractivity contribution >= 4 is 28.7 Å². The predicted octanol–water partition coefficient (Wildman–Crippen LogP) is 2.47. The SMILES string of the molecule is Cc1nc(-c2cccnc2)sc1-c1ccn(C(N)=S)n1. The average molecular weight is 301 g/mol. The molecule has 2 N–H and O–H groups in total. The van der Waals surface area contributed by atoms with Crippen LogP contribution in [0.4, 0.5) is 0 Å². The van der Waals surface area contributed by atoms with E-state index in [1.807, 2.05) is 25.1 Å². The Balaban J connectivity index is 2.02. The number of hydrogen-bond acceptors (Lipinski definition) is 5. The summed E-state index contributed by atoms with van der Waals surface area (Å²) in [6.07, 6.45) is 5.30. The zero-order chi connectivity index (χ0) is 14.1. The van der Waals surface area contributed by atoms with Crippen molar-refractivity contribution in [3.05, 3.63) is 42.5 Å². The smallest absolute Gasteiger partial charge is 0.191 e. The van der Waals surface area contributed by atoms with Crippen molar-refractivity contribution in [2.45, 2.75) is 6.92 Å². The normalized spacial score (nSPS) is 10.7. The van der Waals surface area contributed by atoms with Gasteiger partial charge in [-0.3, -0.25) is 4.98 Å². The summed E-state index contributed by atoms with van der Waals surface area (Å²) in [5.41, 5.74) is 8.31. The van der Waals surface area contributed by atoms with Gasteiger partial charge < -0.3 is 5.73 Å². The van der Waals surface area contributed by atoms with Gasteiger partial charge in [0.15, 0.2) is 5.11 Å². The van der Waals surface area contributed by atoms with Gasteiger partial charge in [0, 0.05) is 24.2 Å². The van der Waals surface area contributed by atoms with Gasteiger partial charge in [-0.25, -0.2) is 9.67 Å². The number of pyridine rings is 1. The zero-order valence-corrected chi connectivity index (χ0v) is 12.3. The lowest BCUT2D eigenvalue weighted by Crippen LogP contribution is -2.19. The first-order chi connectivity index (χ1) is 9.65. The van der Waals surface area contributed by atoms with Crippen molar-refractivity contribution < 1.29 is 0 Å². The molecule has 3 rings (SSSR count). The molecule has 5 nitrogen and oxygen atoms in total. The van der Waals surface area contributed by atoms with Crippen LogP contribution in [0, 0.1) is 6.92 Å². The number of aromatic nitrogens is 4. The third kappa shape index (κ3) is 2.33. The Labute approximate surface area is 125 Å². The number of thiazole rings is 1. The second-order valence-corrected chi connectivity index (χ2v) is 5.58. The first-order valence-electron chi connectivity index (χ1n) is 5.89. The number of nitrogens with two attached hydrogens (primary N) is 1. The van der Waals surface area contributed by atoms with Crippen LogP contribution in [0.5, 0.6) is 0 Å². The molecule has 0 unspecified atom stereocenters. The number of thiocarbonyl (C=S) groups is 1. The molecule has 3 aromatic rings. The maximum atomic E-state index is 5.55. The largest absolute Gasteiger partial charge is 0.374 e. The van der Waals surface area contributed by atoms with E-state index in [0.717, 1.165) is 26.8 Å². The van der Waals surface area contributed by atoms with Gasteiger partial charge >= 0.3 is 0 Å². The molecule has 0 aliphatic heterocycles. The molecule has 0 fully saturated rings. The van der Waals surface area contributed by atoms with E-state index in [0.29, 0.717) is 0 Å². The van der Waals surface area contributed by atoms with Gasteiger partial charge in [0.25, 0.3) is 0 Å². The molecule has 0 atom stereocenters. The van der Waals surface area contributed by atoms with E-state index >= 15 is 0 Å². The van der Waals surface area contributed by atoms with Gasteiger partial charge in [0.1, 0.15) is 10.7 Å². The van der Waals surface area contributed by atoms with Gasteiger partial charge in [-0.1, -0.05) is 0 Å². The topological polar surface area (TPSA) is 69.6 Å². The second kappa shape index (κ2) is 5.10. The second-order valence-electron chi connectivity index (χ2n) is 4.16. The predicted molar refractivity (Wildman–Crippen MR) is 83.5 cm³/mol. The van der Waals surface area contributed by atoms with Crippen LogP contribution in [-0.2, 0) is 0 Å². The summed E-state index contributed by atoms with van der Waals surface area (Å²) in [6, 6.07) is 5.77. The van der Waals surface area contributed by atoms with E-state index < -0.39 is 0 Å². The fourth-order valence-electron chi connectivity index (χ4n) is 1.81. The molecule has 0 aromatic carbocycles. The number of nitrogens with zero attached hydrogens (tertiary/aromatic N) is 4. The lowest BCUT2D eigenvalue weighted by atomic mass is 10.3. The van der Waals surface area contributed by atoms with Gasteiger partial charge in [-0.05, 0) is 37.3 Å². The van der Waals surface area contributed by atoms with E-state index in [-0.39, 0.29) is 5.11 Å². The van der Waals surface area contributed by atoms with E-state index in [1.54, 1.807) is 29.9 Å². The van der Waals surface area contributed by atoms with Gasteiger partial charge in [0.2, 0.25) is 0 Å². The summed E-state index contributed by atoms with van der Waals surface area (Å²) in [4.78, 5) is 9.70. The number of hydrogen-bond donors (Lipinski definition) is 1. The van der Waals surface area contributed by atoms with Crippen LogP contribution in [0.2, 0.25) is 0 Å². The molecule has 100 valence electrons. The number of aryl methyl sites for hydroxylation is 1. The minimum Gasteiger partial charge on any atom is -0.374 e. The fourth-order valence-corrected chi connectivity index (χ4v) is 2.94. The van der Waals surface area contributed by atoms with E-state index in [9.17, 15) is 0 Å². The van der Waals surface area contributed by atoms with Crippen LogP contribution < -0.4 is 5.73 Å². The quantitative estimate of drug-likeness (QED) is 0.736. The van der Waals surface area contributed by atoms with Crippen LogP contribution in [0.3, 0.4) is 0 Å². The monoisotopic (exact) mass is 301 g/mol. The first kappa shape index (κ1) is 12.9. The Bertz CT molecular complexity index is 760. The van der Waals surface area contributed by atoms with Crippen molar-refractivity contribution in [2.75, 3.05) is 0 Å². The minimum absolute atomic E-state index is 0.228. The summed E-state index contributed by atoms with van der Waals surface area (Å²) in [7, 11) is 0. The molecular weight excluding hydrogens is 290 g/mol. The van der Waals surface area contributed by atoms with Crippen molar-refractivity contribution in [1.29, 1.82) is 0 Å². The molecule has 7 heteroatoms. The maximum absolute atomic E-state index is 5.55. The highest BCUT2D eigenvalue weighted by atomic mass is 32.1. The van der Waals surface area contributed by atoms with E-state index in [1.165, 1.54) is 4.68 Å². The average Bonchev–Trinajstić information content (AvgIpc) is 3.06. The molecule has 20 heavy (non-hydrogen) atoms. The van der Waals surface area contributed by atoms with Crippen LogP contribution in [0.15, 0.2) is 36.8 Å². The van der Waals surface area contributed by atoms with Crippen molar-refractivity contribution in [3.8, 4) is 21.1 Å². The maximum Gasteiger partial charge on any atom is 0.191 e. The number of rotatable bonds is 2. The third-order valence-corrected chi connectivity index (χ3v) is 4.17. The molecule has 3 aromatic heterocycles. The Kier molecular flexibility index (Phi) is 3.29. The lowest BCUT2D eigenvalue weighted by Gasteiger charge is -1.95. The van der Waals surface area contributed by atoms with Crippen molar-refractivity contribution in [3.63, 3.8) is 0 Å². The molecule has 0 saturated carbocycles. The van der Waals surface area contributed by atoms with Crippen LogP contribution in [-0.4, -0.2) is 24.9 Å². The molecular formula is C13H11N5S2. The molecule has 0 saturated heterocycles. The Hall–Kier alpha value is -2.12. The summed E-state index contributed by atoms with van der Waals surface area (Å²) in [5, 5.41) is 5.51.